The molecule has 0 saturated heterocycles. The average Bonchev–Trinajstić information content (AvgIpc) is 2.58. The maximum atomic E-state index is 4.70. The molecule has 0 aliphatic carbocycles. The van der Waals surface area contributed by atoms with Crippen LogP contribution in [0.4, 0.5) is 0 Å². The number of thiazole rings is 1. The van der Waals surface area contributed by atoms with Crippen LogP contribution in [0.3, 0.4) is 0 Å². The highest BCUT2D eigenvalue weighted by molar-refractivity contribution is 9.08. The van der Waals surface area contributed by atoms with Gasteiger partial charge in [0.05, 0.1) is 10.7 Å². The van der Waals surface area contributed by atoms with Crippen LogP contribution in [0.15, 0.2) is 0 Å². The molecule has 0 radical (unpaired) electrons. The van der Waals surface area contributed by atoms with Crippen LogP contribution in [-0.4, -0.2) is 30.5 Å². The van der Waals surface area contributed by atoms with Gasteiger partial charge in [0, 0.05) is 23.2 Å². The second-order valence-electron chi connectivity index (χ2n) is 3.91. The lowest BCUT2D eigenvalue weighted by molar-refractivity contribution is 0.413. The van der Waals surface area contributed by atoms with Gasteiger partial charge >= 0.3 is 0 Å². The molecule has 0 atom stereocenters. The molecule has 0 aliphatic heterocycles. The van der Waals surface area contributed by atoms with E-state index < -0.39 is 0 Å². The van der Waals surface area contributed by atoms with Crippen molar-refractivity contribution in [1.82, 2.24) is 9.88 Å². The molecular formula is C11H19BrN2S. The SMILES string of the molecule is CCCc1nc(CCN(C)C)sc1CBr. The number of aromatic nitrogens is 1. The van der Waals surface area contributed by atoms with Crippen LogP contribution in [0, 0.1) is 0 Å². The topological polar surface area (TPSA) is 16.1 Å². The number of halogens is 1. The van der Waals surface area contributed by atoms with E-state index in [1.165, 1.54) is 22.0 Å². The summed E-state index contributed by atoms with van der Waals surface area (Å²) in [6, 6.07) is 0. The van der Waals surface area contributed by atoms with E-state index in [9.17, 15) is 0 Å². The third-order valence-electron chi connectivity index (χ3n) is 2.20. The van der Waals surface area contributed by atoms with Gasteiger partial charge in [0.15, 0.2) is 0 Å². The van der Waals surface area contributed by atoms with Crippen LogP contribution in [0.2, 0.25) is 0 Å². The summed E-state index contributed by atoms with van der Waals surface area (Å²) in [5.74, 6) is 0. The number of nitrogens with zero attached hydrogens (tertiary/aromatic N) is 2. The molecule has 15 heavy (non-hydrogen) atoms. The van der Waals surface area contributed by atoms with E-state index in [0.29, 0.717) is 0 Å². The molecule has 0 amide bonds. The third-order valence-corrected chi connectivity index (χ3v) is 4.29. The number of aryl methyl sites for hydroxylation is 1. The first-order valence-corrected chi connectivity index (χ1v) is 7.29. The Labute approximate surface area is 105 Å². The van der Waals surface area contributed by atoms with Gasteiger partial charge in [-0.1, -0.05) is 29.3 Å². The van der Waals surface area contributed by atoms with Crippen molar-refractivity contribution in [3.63, 3.8) is 0 Å². The van der Waals surface area contributed by atoms with Gasteiger partial charge in [-0.15, -0.1) is 11.3 Å². The zero-order valence-corrected chi connectivity index (χ0v) is 12.1. The molecule has 4 heteroatoms. The Morgan fingerprint density at radius 2 is 2.07 bits per heavy atom. The standard InChI is InChI=1S/C11H19BrN2S/c1-4-5-9-10(8-12)15-11(13-9)6-7-14(2)3/h4-8H2,1-3H3. The van der Waals surface area contributed by atoms with E-state index in [1.54, 1.807) is 0 Å². The van der Waals surface area contributed by atoms with Gasteiger partial charge in [0.25, 0.3) is 0 Å². The van der Waals surface area contributed by atoms with Crippen molar-refractivity contribution in [3.8, 4) is 0 Å². The molecule has 0 aliphatic rings. The molecular weight excluding hydrogens is 272 g/mol. The third kappa shape index (κ3) is 4.21. The first-order chi connectivity index (χ1) is 7.17. The van der Waals surface area contributed by atoms with E-state index in [4.69, 9.17) is 4.98 Å². The number of hydrogen-bond acceptors (Lipinski definition) is 3. The van der Waals surface area contributed by atoms with Gasteiger partial charge in [0.1, 0.15) is 0 Å². The average molecular weight is 291 g/mol. The summed E-state index contributed by atoms with van der Waals surface area (Å²) in [4.78, 5) is 8.32. The molecule has 2 nitrogen and oxygen atoms in total. The van der Waals surface area contributed by atoms with E-state index in [1.807, 2.05) is 11.3 Å². The maximum absolute atomic E-state index is 4.70. The molecule has 1 aromatic rings. The largest absolute Gasteiger partial charge is 0.309 e. The second kappa shape index (κ2) is 6.61. The Balaban J connectivity index is 2.65. The van der Waals surface area contributed by atoms with Crippen LogP contribution >= 0.6 is 27.3 Å². The Kier molecular flexibility index (Phi) is 5.79. The number of alkyl halides is 1. The van der Waals surface area contributed by atoms with Crippen molar-refractivity contribution in [3.05, 3.63) is 15.6 Å². The molecule has 0 fully saturated rings. The Morgan fingerprint density at radius 3 is 2.60 bits per heavy atom. The molecule has 0 unspecified atom stereocenters. The summed E-state index contributed by atoms with van der Waals surface area (Å²) >= 11 is 5.39. The van der Waals surface area contributed by atoms with Gasteiger partial charge in [0.2, 0.25) is 0 Å². The van der Waals surface area contributed by atoms with E-state index >= 15 is 0 Å². The second-order valence-corrected chi connectivity index (χ2v) is 5.64. The number of rotatable bonds is 6. The zero-order valence-electron chi connectivity index (χ0n) is 9.72. The summed E-state index contributed by atoms with van der Waals surface area (Å²) in [5.41, 5.74) is 1.30. The van der Waals surface area contributed by atoms with E-state index in [2.05, 4.69) is 41.8 Å². The van der Waals surface area contributed by atoms with Crippen LogP contribution in [0.5, 0.6) is 0 Å². The lowest BCUT2D eigenvalue weighted by Crippen LogP contribution is -2.14. The maximum Gasteiger partial charge on any atom is 0.0944 e. The van der Waals surface area contributed by atoms with Gasteiger partial charge < -0.3 is 4.90 Å². The minimum absolute atomic E-state index is 0.946. The smallest absolute Gasteiger partial charge is 0.0944 e. The van der Waals surface area contributed by atoms with E-state index in [0.717, 1.165) is 24.7 Å². The highest BCUT2D eigenvalue weighted by atomic mass is 79.9. The molecule has 0 saturated carbocycles. The molecule has 1 heterocycles. The van der Waals surface area contributed by atoms with Gasteiger partial charge in [-0.25, -0.2) is 4.98 Å². The predicted molar refractivity (Wildman–Crippen MR) is 71.0 cm³/mol. The fourth-order valence-electron chi connectivity index (χ4n) is 1.40. The summed E-state index contributed by atoms with van der Waals surface area (Å²) < 4.78 is 0. The van der Waals surface area contributed by atoms with Crippen LogP contribution in [0.1, 0.15) is 28.9 Å². The van der Waals surface area contributed by atoms with Gasteiger partial charge in [-0.2, -0.15) is 0 Å². The fourth-order valence-corrected chi connectivity index (χ4v) is 3.02. The predicted octanol–water partition coefficient (Wildman–Crippen LogP) is 3.09. The van der Waals surface area contributed by atoms with Crippen molar-refractivity contribution in [1.29, 1.82) is 0 Å². The molecule has 0 aromatic carbocycles. The Hall–Kier alpha value is 0.0700. The van der Waals surface area contributed by atoms with Crippen molar-refractivity contribution in [2.75, 3.05) is 20.6 Å². The summed E-state index contributed by atoms with van der Waals surface area (Å²) in [5, 5.41) is 2.23. The quantitative estimate of drug-likeness (QED) is 0.749. The van der Waals surface area contributed by atoms with Gasteiger partial charge in [-0.3, -0.25) is 0 Å². The lowest BCUT2D eigenvalue weighted by atomic mass is 10.2. The highest BCUT2D eigenvalue weighted by Gasteiger charge is 2.09. The molecule has 1 rings (SSSR count). The fraction of sp³-hybridized carbons (Fsp3) is 0.727. The highest BCUT2D eigenvalue weighted by Crippen LogP contribution is 2.23. The Bertz CT molecular complexity index is 297. The van der Waals surface area contributed by atoms with Crippen LogP contribution < -0.4 is 0 Å². The first-order valence-electron chi connectivity index (χ1n) is 5.35. The number of likely N-dealkylation sites (N-methyl/N-ethyl adjacent to an activating group) is 1. The molecule has 0 bridgehead atoms. The summed E-state index contributed by atoms with van der Waals surface area (Å²) in [6.45, 7) is 3.29. The lowest BCUT2D eigenvalue weighted by Gasteiger charge is -2.06. The molecule has 0 N–H and O–H groups in total. The minimum Gasteiger partial charge on any atom is -0.309 e. The normalized spacial score (nSPS) is 11.3. The van der Waals surface area contributed by atoms with Crippen LogP contribution in [0.25, 0.3) is 0 Å². The Morgan fingerprint density at radius 1 is 1.33 bits per heavy atom. The molecule has 86 valence electrons. The monoisotopic (exact) mass is 290 g/mol. The van der Waals surface area contributed by atoms with E-state index in [-0.39, 0.29) is 0 Å². The van der Waals surface area contributed by atoms with Gasteiger partial charge in [-0.05, 0) is 20.5 Å². The van der Waals surface area contributed by atoms with Crippen molar-refractivity contribution in [2.24, 2.45) is 0 Å². The van der Waals surface area contributed by atoms with Crippen molar-refractivity contribution >= 4 is 27.3 Å². The molecule has 0 spiro atoms. The van der Waals surface area contributed by atoms with Crippen molar-refractivity contribution < 1.29 is 0 Å². The number of hydrogen-bond donors (Lipinski definition) is 0. The summed E-state index contributed by atoms with van der Waals surface area (Å²) in [6.07, 6.45) is 3.36. The molecule has 1 aromatic heterocycles. The minimum atomic E-state index is 0.946. The first kappa shape index (κ1) is 13.1. The van der Waals surface area contributed by atoms with Crippen LogP contribution in [-0.2, 0) is 18.2 Å². The van der Waals surface area contributed by atoms with Crippen molar-refractivity contribution in [2.45, 2.75) is 31.5 Å². The zero-order chi connectivity index (χ0) is 11.3. The summed E-state index contributed by atoms with van der Waals surface area (Å²) in [7, 11) is 4.21.